The number of pyridine rings is 1. The number of halogens is 1. The molecule has 2 heterocycles. The number of fused-ring (bicyclic) bond motifs is 1. The summed E-state index contributed by atoms with van der Waals surface area (Å²) in [7, 11) is -2.04. The molecule has 1 N–H and O–H groups in total. The maximum atomic E-state index is 14.0. The number of Topliss-reactive ketones (excluding diaryl/α,β-unsaturated/α-hetero) is 1. The summed E-state index contributed by atoms with van der Waals surface area (Å²) in [6.07, 6.45) is 5.68. The first-order valence-corrected chi connectivity index (χ1v) is 17.0. The van der Waals surface area contributed by atoms with E-state index >= 15 is 0 Å². The van der Waals surface area contributed by atoms with E-state index < -0.39 is 62.1 Å². The molecule has 2 aliphatic carbocycles. The number of amides is 2. The number of ketones is 1. The molecule has 1 unspecified atom stereocenters. The highest BCUT2D eigenvalue weighted by Crippen LogP contribution is 2.47. The minimum absolute atomic E-state index is 0.114. The summed E-state index contributed by atoms with van der Waals surface area (Å²) >= 11 is 6.58. The van der Waals surface area contributed by atoms with Crippen molar-refractivity contribution < 1.29 is 32.3 Å². The fourth-order valence-corrected chi connectivity index (χ4v) is 7.80. The first-order chi connectivity index (χ1) is 20.6. The van der Waals surface area contributed by atoms with Gasteiger partial charge in [0, 0.05) is 35.2 Å². The zero-order valence-corrected chi connectivity index (χ0v) is 27.3. The maximum Gasteiger partial charge on any atom is 0.243 e. The summed E-state index contributed by atoms with van der Waals surface area (Å²) in [6, 6.07) is 2.55. The molecule has 1 aromatic carbocycles. The van der Waals surface area contributed by atoms with Crippen molar-refractivity contribution in [2.24, 2.45) is 17.3 Å². The number of methoxy groups -OCH3 is 1. The molecule has 238 valence electrons. The molecule has 1 saturated heterocycles. The number of nitrogens with one attached hydrogen (secondary N) is 1. The fourth-order valence-electron chi connectivity index (χ4n) is 5.87. The SMILES string of the molecule is C=C[C@@H]1C[C@]1(NC(=O)[C@@H]1C[C@@H](Oc2c(Cl)ccc3c(OC)cncc23)CN1C(=O)C(C)C(C)(C)C)C(=O)CS(=O)(=O)C1CC1. The summed E-state index contributed by atoms with van der Waals surface area (Å²) in [4.78, 5) is 47.0. The van der Waals surface area contributed by atoms with Gasteiger partial charge in [0.2, 0.25) is 11.8 Å². The maximum absolute atomic E-state index is 14.0. The number of sulfone groups is 1. The highest BCUT2D eigenvalue weighted by Gasteiger charge is 2.61. The lowest BCUT2D eigenvalue weighted by atomic mass is 9.81. The van der Waals surface area contributed by atoms with Gasteiger partial charge in [0.15, 0.2) is 15.6 Å². The number of rotatable bonds is 11. The van der Waals surface area contributed by atoms with Gasteiger partial charge in [0.25, 0.3) is 0 Å². The number of aromatic nitrogens is 1. The molecule has 5 atom stereocenters. The van der Waals surface area contributed by atoms with E-state index in [4.69, 9.17) is 21.1 Å². The van der Waals surface area contributed by atoms with Crippen LogP contribution in [0, 0.1) is 17.3 Å². The summed E-state index contributed by atoms with van der Waals surface area (Å²) in [5.74, 6) is -1.82. The lowest BCUT2D eigenvalue weighted by Gasteiger charge is -2.33. The number of carbonyl (C=O) groups excluding carboxylic acids is 3. The average Bonchev–Trinajstić information content (AvgIpc) is 3.89. The topological polar surface area (TPSA) is 132 Å². The summed E-state index contributed by atoms with van der Waals surface area (Å²) in [5, 5.41) is 4.09. The van der Waals surface area contributed by atoms with E-state index in [2.05, 4.69) is 16.9 Å². The number of ether oxygens (including phenoxy) is 2. The Balaban J connectivity index is 1.43. The predicted octanol–water partition coefficient (Wildman–Crippen LogP) is 4.13. The van der Waals surface area contributed by atoms with Crippen molar-refractivity contribution in [3.05, 3.63) is 42.2 Å². The fraction of sp³-hybridized carbons (Fsp3) is 0.562. The molecule has 2 saturated carbocycles. The van der Waals surface area contributed by atoms with Crippen molar-refractivity contribution in [3.8, 4) is 11.5 Å². The van der Waals surface area contributed by atoms with Crippen LogP contribution in [0.4, 0.5) is 0 Å². The number of hydrogen-bond donors (Lipinski definition) is 1. The van der Waals surface area contributed by atoms with Crippen molar-refractivity contribution in [3.63, 3.8) is 0 Å². The second-order valence-corrected chi connectivity index (χ2v) is 16.0. The first kappa shape index (κ1) is 32.2. The van der Waals surface area contributed by atoms with Crippen molar-refractivity contribution in [2.45, 2.75) is 76.3 Å². The number of likely N-dealkylation sites (tertiary alicyclic amines) is 1. The molecule has 5 rings (SSSR count). The zero-order valence-electron chi connectivity index (χ0n) is 25.8. The zero-order chi connectivity index (χ0) is 32.2. The Labute approximate surface area is 263 Å². The lowest BCUT2D eigenvalue weighted by Crippen LogP contribution is -2.55. The predicted molar refractivity (Wildman–Crippen MR) is 167 cm³/mol. The quantitative estimate of drug-likeness (QED) is 0.361. The van der Waals surface area contributed by atoms with Crippen LogP contribution in [0.1, 0.15) is 53.4 Å². The van der Waals surface area contributed by atoms with E-state index in [0.717, 1.165) is 5.39 Å². The van der Waals surface area contributed by atoms with Crippen LogP contribution in [0.25, 0.3) is 10.8 Å². The molecule has 12 heteroatoms. The molecule has 0 radical (unpaired) electrons. The number of benzene rings is 1. The van der Waals surface area contributed by atoms with E-state index in [-0.39, 0.29) is 30.7 Å². The minimum atomic E-state index is -3.58. The molecule has 3 fully saturated rings. The monoisotopic (exact) mass is 645 g/mol. The molecule has 44 heavy (non-hydrogen) atoms. The van der Waals surface area contributed by atoms with E-state index in [0.29, 0.717) is 34.7 Å². The van der Waals surface area contributed by atoms with Crippen molar-refractivity contribution in [1.82, 2.24) is 15.2 Å². The van der Waals surface area contributed by atoms with Crippen LogP contribution < -0.4 is 14.8 Å². The summed E-state index contributed by atoms with van der Waals surface area (Å²) in [6.45, 7) is 11.6. The van der Waals surface area contributed by atoms with E-state index in [1.807, 2.05) is 33.8 Å². The third-order valence-electron chi connectivity index (χ3n) is 9.34. The molecule has 1 aliphatic heterocycles. The van der Waals surface area contributed by atoms with Gasteiger partial charge in [0.1, 0.15) is 34.9 Å². The van der Waals surface area contributed by atoms with Gasteiger partial charge in [-0.1, -0.05) is 45.4 Å². The molecule has 10 nitrogen and oxygen atoms in total. The Morgan fingerprint density at radius 3 is 2.52 bits per heavy atom. The highest BCUT2D eigenvalue weighted by molar-refractivity contribution is 7.93. The smallest absolute Gasteiger partial charge is 0.243 e. The molecule has 3 aliphatic rings. The normalized spacial score (nSPS) is 25.8. The van der Waals surface area contributed by atoms with Crippen LogP contribution in [-0.2, 0) is 24.2 Å². The Bertz CT molecular complexity index is 1620. The number of hydrogen-bond acceptors (Lipinski definition) is 8. The second-order valence-electron chi connectivity index (χ2n) is 13.3. The molecular weight excluding hydrogens is 606 g/mol. The Morgan fingerprint density at radius 2 is 1.93 bits per heavy atom. The summed E-state index contributed by atoms with van der Waals surface area (Å²) in [5.41, 5.74) is -1.73. The van der Waals surface area contributed by atoms with Crippen LogP contribution in [-0.4, -0.2) is 78.2 Å². The van der Waals surface area contributed by atoms with Gasteiger partial charge in [-0.2, -0.15) is 0 Å². The number of carbonyl (C=O) groups is 3. The Hall–Kier alpha value is -3.18. The van der Waals surface area contributed by atoms with Crippen molar-refractivity contribution >= 4 is 49.8 Å². The Kier molecular flexibility index (Phi) is 8.52. The second kappa shape index (κ2) is 11.6. The highest BCUT2D eigenvalue weighted by atomic mass is 35.5. The van der Waals surface area contributed by atoms with Crippen LogP contribution in [0.15, 0.2) is 37.2 Å². The number of nitrogens with zero attached hydrogens (tertiary/aromatic N) is 2. The minimum Gasteiger partial charge on any atom is -0.494 e. The van der Waals surface area contributed by atoms with E-state index in [1.54, 1.807) is 31.6 Å². The molecular formula is C32H40ClN3O7S. The molecule has 0 bridgehead atoms. The largest absolute Gasteiger partial charge is 0.494 e. The van der Waals surface area contributed by atoms with Gasteiger partial charge in [-0.3, -0.25) is 19.4 Å². The van der Waals surface area contributed by atoms with Gasteiger partial charge in [-0.05, 0) is 36.8 Å². The van der Waals surface area contributed by atoms with Crippen LogP contribution in [0.3, 0.4) is 0 Å². The van der Waals surface area contributed by atoms with Gasteiger partial charge < -0.3 is 19.7 Å². The molecule has 2 amide bonds. The van der Waals surface area contributed by atoms with Gasteiger partial charge in [-0.25, -0.2) is 8.42 Å². The molecule has 2 aromatic rings. The first-order valence-electron chi connectivity index (χ1n) is 14.9. The van der Waals surface area contributed by atoms with Crippen molar-refractivity contribution in [2.75, 3.05) is 19.4 Å². The summed E-state index contributed by atoms with van der Waals surface area (Å²) < 4.78 is 37.2. The molecule has 0 spiro atoms. The van der Waals surface area contributed by atoms with E-state index in [9.17, 15) is 22.8 Å². The molecule has 1 aromatic heterocycles. The van der Waals surface area contributed by atoms with E-state index in [1.165, 1.54) is 4.90 Å². The standard InChI is InChI=1S/C32H40ClN3O7S/c1-7-19-13-32(19,27(37)17-44(40,41)21-8-9-21)35-29(38)25-12-20(16-36(25)30(39)18(2)31(3,4)5)43-28-23-14-34-15-26(42-6)22(23)10-11-24(28)33/h7,10-11,14-15,18-21,25H,1,8-9,12-13,16-17H2,2-6H3,(H,35,38)/t18?,19-,20-,25+,32-/m1/s1. The van der Waals surface area contributed by atoms with Crippen LogP contribution in [0.5, 0.6) is 11.5 Å². The van der Waals surface area contributed by atoms with Crippen LogP contribution in [0.2, 0.25) is 5.02 Å². The lowest BCUT2D eigenvalue weighted by molar-refractivity contribution is -0.144. The van der Waals surface area contributed by atoms with Crippen molar-refractivity contribution in [1.29, 1.82) is 0 Å². The third kappa shape index (κ3) is 6.05. The third-order valence-corrected chi connectivity index (χ3v) is 11.8. The van der Waals surface area contributed by atoms with Crippen LogP contribution >= 0.6 is 11.6 Å². The van der Waals surface area contributed by atoms with Gasteiger partial charge in [-0.15, -0.1) is 6.58 Å². The Morgan fingerprint density at radius 1 is 1.23 bits per heavy atom. The van der Waals surface area contributed by atoms with Gasteiger partial charge in [0.05, 0.1) is 30.1 Å². The average molecular weight is 646 g/mol. The van der Waals surface area contributed by atoms with Gasteiger partial charge >= 0.3 is 0 Å².